The number of carbonyl (C=O) groups excluding carboxylic acids is 1. The van der Waals surface area contributed by atoms with Crippen molar-refractivity contribution < 1.29 is 18.0 Å². The SMILES string of the molecule is Cc1oc(-c2ccc(F)cc2F)nc1CN1CCN(C(=O)c2cccs2)CC1. The molecular weight excluding hydrogens is 384 g/mol. The summed E-state index contributed by atoms with van der Waals surface area (Å²) in [6.07, 6.45) is 0. The summed E-state index contributed by atoms with van der Waals surface area (Å²) in [6, 6.07) is 7.05. The molecule has 0 radical (unpaired) electrons. The monoisotopic (exact) mass is 403 g/mol. The number of hydrogen-bond donors (Lipinski definition) is 0. The number of amides is 1. The van der Waals surface area contributed by atoms with Gasteiger partial charge in [0.05, 0.1) is 16.1 Å². The van der Waals surface area contributed by atoms with Crippen LogP contribution in [0.4, 0.5) is 8.78 Å². The van der Waals surface area contributed by atoms with Gasteiger partial charge in [-0.15, -0.1) is 11.3 Å². The second-order valence-electron chi connectivity index (χ2n) is 6.69. The van der Waals surface area contributed by atoms with Gasteiger partial charge in [-0.3, -0.25) is 9.69 Å². The number of oxazole rings is 1. The van der Waals surface area contributed by atoms with Gasteiger partial charge in [0, 0.05) is 38.8 Å². The Morgan fingerprint density at radius 1 is 1.21 bits per heavy atom. The lowest BCUT2D eigenvalue weighted by molar-refractivity contribution is 0.0631. The lowest BCUT2D eigenvalue weighted by Crippen LogP contribution is -2.48. The van der Waals surface area contributed by atoms with Gasteiger partial charge in [-0.25, -0.2) is 13.8 Å². The standard InChI is InChI=1S/C20H19F2N3O2S/c1-13-17(23-19(27-13)15-5-4-14(21)11-16(15)22)12-24-6-8-25(9-7-24)20(26)18-3-2-10-28-18/h2-5,10-11H,6-9,12H2,1H3. The summed E-state index contributed by atoms with van der Waals surface area (Å²) in [6.45, 7) is 5.08. The van der Waals surface area contributed by atoms with Gasteiger partial charge in [0.2, 0.25) is 5.89 Å². The predicted molar refractivity (Wildman–Crippen MR) is 102 cm³/mol. The number of aromatic nitrogens is 1. The second kappa shape index (κ2) is 7.81. The maximum atomic E-state index is 14.0. The number of aryl methyl sites for hydroxylation is 1. The average Bonchev–Trinajstić information content (AvgIpc) is 3.32. The topological polar surface area (TPSA) is 49.6 Å². The molecule has 1 fully saturated rings. The van der Waals surface area contributed by atoms with Crippen LogP contribution >= 0.6 is 11.3 Å². The third-order valence-electron chi connectivity index (χ3n) is 4.82. The molecule has 1 aliphatic rings. The average molecular weight is 403 g/mol. The first-order valence-electron chi connectivity index (χ1n) is 8.98. The molecule has 1 saturated heterocycles. The summed E-state index contributed by atoms with van der Waals surface area (Å²) < 4.78 is 32.7. The molecule has 2 aromatic heterocycles. The maximum absolute atomic E-state index is 14.0. The molecule has 0 unspecified atom stereocenters. The van der Waals surface area contributed by atoms with E-state index in [1.165, 1.54) is 23.5 Å². The van der Waals surface area contributed by atoms with E-state index in [9.17, 15) is 13.6 Å². The summed E-state index contributed by atoms with van der Waals surface area (Å²) >= 11 is 1.45. The Kier molecular flexibility index (Phi) is 5.23. The van der Waals surface area contributed by atoms with Crippen LogP contribution in [0.1, 0.15) is 21.1 Å². The molecule has 28 heavy (non-hydrogen) atoms. The molecule has 146 valence electrons. The van der Waals surface area contributed by atoms with Crippen LogP contribution in [0.2, 0.25) is 0 Å². The molecule has 5 nitrogen and oxygen atoms in total. The third kappa shape index (κ3) is 3.83. The summed E-state index contributed by atoms with van der Waals surface area (Å²) in [5.74, 6) is -0.512. The number of hydrogen-bond acceptors (Lipinski definition) is 5. The number of piperazine rings is 1. The van der Waals surface area contributed by atoms with Gasteiger partial charge < -0.3 is 9.32 Å². The molecule has 0 N–H and O–H groups in total. The minimum Gasteiger partial charge on any atom is -0.441 e. The Labute approximate surface area is 165 Å². The van der Waals surface area contributed by atoms with Crippen LogP contribution in [-0.4, -0.2) is 46.9 Å². The highest BCUT2D eigenvalue weighted by Crippen LogP contribution is 2.26. The molecule has 1 amide bonds. The molecule has 8 heteroatoms. The smallest absolute Gasteiger partial charge is 0.264 e. The molecule has 3 heterocycles. The molecule has 0 spiro atoms. The van der Waals surface area contributed by atoms with E-state index in [-0.39, 0.29) is 17.4 Å². The number of thiophene rings is 1. The van der Waals surface area contributed by atoms with Crippen LogP contribution in [0, 0.1) is 18.6 Å². The lowest BCUT2D eigenvalue weighted by Gasteiger charge is -2.34. The van der Waals surface area contributed by atoms with Crippen LogP contribution in [-0.2, 0) is 6.54 Å². The largest absolute Gasteiger partial charge is 0.441 e. The molecule has 0 aliphatic carbocycles. The number of nitrogens with zero attached hydrogens (tertiary/aromatic N) is 3. The van der Waals surface area contributed by atoms with Gasteiger partial charge in [0.15, 0.2) is 0 Å². The molecule has 1 aromatic carbocycles. The van der Waals surface area contributed by atoms with Crippen molar-refractivity contribution in [3.63, 3.8) is 0 Å². The zero-order valence-electron chi connectivity index (χ0n) is 15.3. The van der Waals surface area contributed by atoms with E-state index in [0.717, 1.165) is 29.7 Å². The van der Waals surface area contributed by atoms with Crippen molar-refractivity contribution >= 4 is 17.2 Å². The molecule has 1 aliphatic heterocycles. The van der Waals surface area contributed by atoms with Gasteiger partial charge in [-0.1, -0.05) is 6.07 Å². The quantitative estimate of drug-likeness (QED) is 0.662. The van der Waals surface area contributed by atoms with Gasteiger partial charge in [-0.2, -0.15) is 0 Å². The summed E-state index contributed by atoms with van der Waals surface area (Å²) in [7, 11) is 0. The summed E-state index contributed by atoms with van der Waals surface area (Å²) in [5.41, 5.74) is 0.860. The van der Waals surface area contributed by atoms with Crippen molar-refractivity contribution in [1.82, 2.24) is 14.8 Å². The van der Waals surface area contributed by atoms with Gasteiger partial charge >= 0.3 is 0 Å². The first-order valence-corrected chi connectivity index (χ1v) is 9.86. The summed E-state index contributed by atoms with van der Waals surface area (Å²) in [5, 5.41) is 1.90. The van der Waals surface area contributed by atoms with Crippen LogP contribution < -0.4 is 0 Å². The van der Waals surface area contributed by atoms with E-state index in [2.05, 4.69) is 9.88 Å². The molecular formula is C20H19F2N3O2S. The molecule has 0 atom stereocenters. The van der Waals surface area contributed by atoms with Crippen LogP contribution in [0.15, 0.2) is 40.1 Å². The molecule has 3 aromatic rings. The predicted octanol–water partition coefficient (Wildman–Crippen LogP) is 3.95. The third-order valence-corrected chi connectivity index (χ3v) is 5.68. The Morgan fingerprint density at radius 3 is 2.68 bits per heavy atom. The van der Waals surface area contributed by atoms with Crippen molar-refractivity contribution in [3.8, 4) is 11.5 Å². The Morgan fingerprint density at radius 2 is 2.00 bits per heavy atom. The number of halogens is 2. The fraction of sp³-hybridized carbons (Fsp3) is 0.300. The van der Waals surface area contributed by atoms with Crippen molar-refractivity contribution in [3.05, 3.63) is 63.7 Å². The van der Waals surface area contributed by atoms with Crippen molar-refractivity contribution in [2.45, 2.75) is 13.5 Å². The molecule has 4 rings (SSSR count). The van der Waals surface area contributed by atoms with Crippen molar-refractivity contribution in [2.75, 3.05) is 26.2 Å². The van der Waals surface area contributed by atoms with Crippen molar-refractivity contribution in [2.24, 2.45) is 0 Å². The highest BCUT2D eigenvalue weighted by molar-refractivity contribution is 7.12. The molecule has 0 bridgehead atoms. The van der Waals surface area contributed by atoms with Crippen LogP contribution in [0.5, 0.6) is 0 Å². The summed E-state index contributed by atoms with van der Waals surface area (Å²) in [4.78, 5) is 21.6. The van der Waals surface area contributed by atoms with E-state index in [1.54, 1.807) is 6.92 Å². The zero-order chi connectivity index (χ0) is 19.7. The Balaban J connectivity index is 1.40. The highest BCUT2D eigenvalue weighted by atomic mass is 32.1. The van der Waals surface area contributed by atoms with Gasteiger partial charge in [0.25, 0.3) is 5.91 Å². The Bertz CT molecular complexity index is 980. The fourth-order valence-electron chi connectivity index (χ4n) is 3.23. The number of benzene rings is 1. The van der Waals surface area contributed by atoms with Gasteiger partial charge in [0.1, 0.15) is 17.4 Å². The van der Waals surface area contributed by atoms with E-state index in [0.29, 0.717) is 25.4 Å². The second-order valence-corrected chi connectivity index (χ2v) is 7.64. The van der Waals surface area contributed by atoms with Crippen LogP contribution in [0.3, 0.4) is 0 Å². The number of rotatable bonds is 4. The van der Waals surface area contributed by atoms with E-state index >= 15 is 0 Å². The Hall–Kier alpha value is -2.58. The minimum atomic E-state index is -0.700. The highest BCUT2D eigenvalue weighted by Gasteiger charge is 2.24. The first kappa shape index (κ1) is 18.8. The fourth-order valence-corrected chi connectivity index (χ4v) is 3.92. The first-order chi connectivity index (χ1) is 13.5. The van der Waals surface area contributed by atoms with E-state index in [1.807, 2.05) is 22.4 Å². The lowest BCUT2D eigenvalue weighted by atomic mass is 10.2. The molecule has 0 saturated carbocycles. The van der Waals surface area contributed by atoms with Crippen molar-refractivity contribution in [1.29, 1.82) is 0 Å². The zero-order valence-corrected chi connectivity index (χ0v) is 16.1. The minimum absolute atomic E-state index is 0.0707. The number of carbonyl (C=O) groups is 1. The van der Waals surface area contributed by atoms with Crippen LogP contribution in [0.25, 0.3) is 11.5 Å². The van der Waals surface area contributed by atoms with E-state index < -0.39 is 11.6 Å². The van der Waals surface area contributed by atoms with E-state index in [4.69, 9.17) is 4.42 Å². The maximum Gasteiger partial charge on any atom is 0.264 e. The van der Waals surface area contributed by atoms with Gasteiger partial charge in [-0.05, 0) is 30.5 Å². The normalized spacial score (nSPS) is 15.2.